The average molecular weight is 192 g/mol. The monoisotopic (exact) mass is 192 g/mol. The van der Waals surface area contributed by atoms with Crippen molar-refractivity contribution in [2.45, 2.75) is 52.5 Å². The Morgan fingerprint density at radius 3 is 2.79 bits per heavy atom. The van der Waals surface area contributed by atoms with Gasteiger partial charge in [-0.15, -0.1) is 0 Å². The summed E-state index contributed by atoms with van der Waals surface area (Å²) in [5.74, 6) is 2.09. The Hall–Kier alpha value is -0.790. The van der Waals surface area contributed by atoms with Crippen molar-refractivity contribution in [2.24, 2.45) is 5.92 Å². The SMILES string of the molecule is CC1CCc2ncc(C(C)(C)C)n2C1. The molecule has 1 aromatic rings. The van der Waals surface area contributed by atoms with E-state index in [0.717, 1.165) is 18.9 Å². The predicted molar refractivity (Wildman–Crippen MR) is 58.4 cm³/mol. The number of aryl methyl sites for hydroxylation is 1. The molecule has 1 aliphatic heterocycles. The highest BCUT2D eigenvalue weighted by Gasteiger charge is 2.24. The highest BCUT2D eigenvalue weighted by atomic mass is 15.1. The molecule has 2 nitrogen and oxygen atoms in total. The van der Waals surface area contributed by atoms with E-state index < -0.39 is 0 Å². The van der Waals surface area contributed by atoms with E-state index in [1.165, 1.54) is 17.9 Å². The maximum Gasteiger partial charge on any atom is 0.108 e. The van der Waals surface area contributed by atoms with Crippen LogP contribution in [0.5, 0.6) is 0 Å². The maximum atomic E-state index is 4.52. The molecule has 0 saturated carbocycles. The Labute approximate surface area is 86.3 Å². The van der Waals surface area contributed by atoms with Gasteiger partial charge in [0.1, 0.15) is 5.82 Å². The summed E-state index contributed by atoms with van der Waals surface area (Å²) in [6, 6.07) is 0. The van der Waals surface area contributed by atoms with E-state index in [1.807, 2.05) is 0 Å². The van der Waals surface area contributed by atoms with Gasteiger partial charge in [0.05, 0.1) is 0 Å². The predicted octanol–water partition coefficient (Wildman–Crippen LogP) is 2.76. The number of aromatic nitrogens is 2. The zero-order valence-corrected chi connectivity index (χ0v) is 9.67. The third kappa shape index (κ3) is 1.58. The number of hydrogen-bond acceptors (Lipinski definition) is 1. The lowest BCUT2D eigenvalue weighted by Crippen LogP contribution is -2.24. The number of hydrogen-bond donors (Lipinski definition) is 0. The summed E-state index contributed by atoms with van der Waals surface area (Å²) in [4.78, 5) is 4.52. The fourth-order valence-corrected chi connectivity index (χ4v) is 2.19. The minimum atomic E-state index is 0.225. The molecule has 0 aliphatic carbocycles. The molecule has 1 atom stereocenters. The van der Waals surface area contributed by atoms with Gasteiger partial charge < -0.3 is 4.57 Å². The van der Waals surface area contributed by atoms with Crippen LogP contribution in [0, 0.1) is 5.92 Å². The van der Waals surface area contributed by atoms with Crippen LogP contribution in [0.25, 0.3) is 0 Å². The zero-order chi connectivity index (χ0) is 10.3. The van der Waals surface area contributed by atoms with Crippen molar-refractivity contribution in [1.82, 2.24) is 9.55 Å². The molecule has 78 valence electrons. The second kappa shape index (κ2) is 3.11. The minimum Gasteiger partial charge on any atom is -0.331 e. The number of nitrogens with zero attached hydrogens (tertiary/aromatic N) is 2. The summed E-state index contributed by atoms with van der Waals surface area (Å²) in [6.07, 6.45) is 4.51. The van der Waals surface area contributed by atoms with Gasteiger partial charge in [-0.3, -0.25) is 0 Å². The summed E-state index contributed by atoms with van der Waals surface area (Å²) in [5, 5.41) is 0. The molecule has 2 heteroatoms. The third-order valence-electron chi connectivity index (χ3n) is 3.06. The third-order valence-corrected chi connectivity index (χ3v) is 3.06. The fourth-order valence-electron chi connectivity index (χ4n) is 2.19. The quantitative estimate of drug-likeness (QED) is 0.618. The van der Waals surface area contributed by atoms with Crippen LogP contribution in [0.3, 0.4) is 0 Å². The molecule has 0 spiro atoms. The van der Waals surface area contributed by atoms with Crippen LogP contribution in [-0.2, 0) is 18.4 Å². The summed E-state index contributed by atoms with van der Waals surface area (Å²) in [6.45, 7) is 10.3. The van der Waals surface area contributed by atoms with Gasteiger partial charge in [0.25, 0.3) is 0 Å². The molecule has 0 bridgehead atoms. The molecular weight excluding hydrogens is 172 g/mol. The molecule has 2 heterocycles. The van der Waals surface area contributed by atoms with Gasteiger partial charge in [-0.05, 0) is 12.3 Å². The Bertz CT molecular complexity index is 331. The molecule has 2 rings (SSSR count). The molecule has 0 saturated heterocycles. The van der Waals surface area contributed by atoms with Crippen LogP contribution < -0.4 is 0 Å². The Balaban J connectivity index is 2.41. The first-order chi connectivity index (χ1) is 6.48. The van der Waals surface area contributed by atoms with Gasteiger partial charge in [0.15, 0.2) is 0 Å². The van der Waals surface area contributed by atoms with E-state index in [-0.39, 0.29) is 5.41 Å². The smallest absolute Gasteiger partial charge is 0.108 e. The zero-order valence-electron chi connectivity index (χ0n) is 9.67. The van der Waals surface area contributed by atoms with Crippen molar-refractivity contribution >= 4 is 0 Å². The standard InChI is InChI=1S/C12H20N2/c1-9-5-6-11-13-7-10(12(2,3)4)14(11)8-9/h7,9H,5-6,8H2,1-4H3. The van der Waals surface area contributed by atoms with Crippen LogP contribution >= 0.6 is 0 Å². The van der Waals surface area contributed by atoms with Crippen molar-refractivity contribution in [3.8, 4) is 0 Å². The number of rotatable bonds is 0. The summed E-state index contributed by atoms with van der Waals surface area (Å²) in [5.41, 5.74) is 1.61. The number of fused-ring (bicyclic) bond motifs is 1. The molecular formula is C12H20N2. The lowest BCUT2D eigenvalue weighted by molar-refractivity contribution is 0.370. The van der Waals surface area contributed by atoms with Gasteiger partial charge in [-0.2, -0.15) is 0 Å². The van der Waals surface area contributed by atoms with Crippen molar-refractivity contribution in [3.63, 3.8) is 0 Å². The Morgan fingerprint density at radius 2 is 2.14 bits per heavy atom. The summed E-state index contributed by atoms with van der Waals surface area (Å²) < 4.78 is 2.42. The van der Waals surface area contributed by atoms with Crippen molar-refractivity contribution < 1.29 is 0 Å². The van der Waals surface area contributed by atoms with E-state index in [4.69, 9.17) is 0 Å². The molecule has 0 fully saturated rings. The van der Waals surface area contributed by atoms with E-state index in [2.05, 4.69) is 43.4 Å². The summed E-state index contributed by atoms with van der Waals surface area (Å²) in [7, 11) is 0. The van der Waals surface area contributed by atoms with Crippen LogP contribution in [0.15, 0.2) is 6.20 Å². The first-order valence-corrected chi connectivity index (χ1v) is 5.53. The molecule has 0 N–H and O–H groups in total. The largest absolute Gasteiger partial charge is 0.331 e. The molecule has 14 heavy (non-hydrogen) atoms. The molecule has 0 radical (unpaired) electrons. The summed E-state index contributed by atoms with van der Waals surface area (Å²) >= 11 is 0. The van der Waals surface area contributed by atoms with Gasteiger partial charge in [-0.1, -0.05) is 27.7 Å². The maximum absolute atomic E-state index is 4.52. The van der Waals surface area contributed by atoms with E-state index >= 15 is 0 Å². The van der Waals surface area contributed by atoms with Crippen molar-refractivity contribution in [2.75, 3.05) is 0 Å². The first kappa shape index (κ1) is 9.75. The normalized spacial score (nSPS) is 22.1. The van der Waals surface area contributed by atoms with E-state index in [0.29, 0.717) is 0 Å². The van der Waals surface area contributed by atoms with Crippen LogP contribution in [0.4, 0.5) is 0 Å². The van der Waals surface area contributed by atoms with Crippen LogP contribution in [0.2, 0.25) is 0 Å². The van der Waals surface area contributed by atoms with Crippen LogP contribution in [0.1, 0.15) is 45.6 Å². The van der Waals surface area contributed by atoms with Gasteiger partial charge >= 0.3 is 0 Å². The lowest BCUT2D eigenvalue weighted by Gasteiger charge is -2.27. The average Bonchev–Trinajstić information content (AvgIpc) is 2.45. The topological polar surface area (TPSA) is 17.8 Å². The van der Waals surface area contributed by atoms with Gasteiger partial charge in [-0.25, -0.2) is 4.98 Å². The van der Waals surface area contributed by atoms with Crippen molar-refractivity contribution in [1.29, 1.82) is 0 Å². The second-order valence-corrected chi connectivity index (χ2v) is 5.56. The Morgan fingerprint density at radius 1 is 1.43 bits per heavy atom. The van der Waals surface area contributed by atoms with Crippen LogP contribution in [-0.4, -0.2) is 9.55 Å². The van der Waals surface area contributed by atoms with Crippen molar-refractivity contribution in [3.05, 3.63) is 17.7 Å². The Kier molecular flexibility index (Phi) is 2.17. The molecule has 1 aliphatic rings. The second-order valence-electron chi connectivity index (χ2n) is 5.56. The number of imidazole rings is 1. The van der Waals surface area contributed by atoms with E-state index in [9.17, 15) is 0 Å². The first-order valence-electron chi connectivity index (χ1n) is 5.53. The fraction of sp³-hybridized carbons (Fsp3) is 0.750. The lowest BCUT2D eigenvalue weighted by atomic mass is 9.91. The highest BCUT2D eigenvalue weighted by Crippen LogP contribution is 2.28. The van der Waals surface area contributed by atoms with E-state index in [1.54, 1.807) is 0 Å². The molecule has 0 amide bonds. The van der Waals surface area contributed by atoms with Gasteiger partial charge in [0.2, 0.25) is 0 Å². The molecule has 0 aromatic carbocycles. The van der Waals surface area contributed by atoms with Gasteiger partial charge in [0, 0.05) is 30.3 Å². The highest BCUT2D eigenvalue weighted by molar-refractivity contribution is 5.16. The minimum absolute atomic E-state index is 0.225. The molecule has 1 aromatic heterocycles. The molecule has 1 unspecified atom stereocenters.